The molecule has 0 aromatic carbocycles. The van der Waals surface area contributed by atoms with Crippen LogP contribution in [0.3, 0.4) is 0 Å². The maximum absolute atomic E-state index is 10.4. The van der Waals surface area contributed by atoms with Gasteiger partial charge in [-0.25, -0.2) is 0 Å². The highest BCUT2D eigenvalue weighted by molar-refractivity contribution is 5.04. The summed E-state index contributed by atoms with van der Waals surface area (Å²) >= 11 is 0. The predicted octanol–water partition coefficient (Wildman–Crippen LogP) is -5.37. The van der Waals surface area contributed by atoms with Crippen LogP contribution < -0.4 is 0 Å². The molecule has 8 N–H and O–H groups in total. The van der Waals surface area contributed by atoms with E-state index in [1.165, 1.54) is 0 Å². The molecule has 0 radical (unpaired) electrons. The van der Waals surface area contributed by atoms with Crippen molar-refractivity contribution >= 4 is 0 Å². The summed E-state index contributed by atoms with van der Waals surface area (Å²) in [7, 11) is 0. The smallest absolute Gasteiger partial charge is 0.225 e. The maximum Gasteiger partial charge on any atom is 0.225 e. The Bertz CT molecular complexity index is 365. The minimum Gasteiger partial charge on any atom is -0.394 e. The second-order valence-electron chi connectivity index (χ2n) is 5.32. The summed E-state index contributed by atoms with van der Waals surface area (Å²) in [6, 6.07) is 0. The molecule has 10 heteroatoms. The van der Waals surface area contributed by atoms with Gasteiger partial charge in [-0.15, -0.1) is 0 Å². The van der Waals surface area contributed by atoms with Crippen LogP contribution in [0.2, 0.25) is 0 Å². The van der Waals surface area contributed by atoms with Crippen molar-refractivity contribution in [2.45, 2.75) is 54.6 Å². The van der Waals surface area contributed by atoms with Crippen molar-refractivity contribution in [3.8, 4) is 0 Å². The largest absolute Gasteiger partial charge is 0.394 e. The van der Waals surface area contributed by atoms with Gasteiger partial charge in [-0.2, -0.15) is 0 Å². The molecule has 0 amide bonds. The molecule has 0 saturated carbocycles. The molecule has 124 valence electrons. The highest BCUT2D eigenvalue weighted by Gasteiger charge is 2.61. The monoisotopic (exact) mass is 312 g/mol. The van der Waals surface area contributed by atoms with Gasteiger partial charge in [0, 0.05) is 0 Å². The van der Waals surface area contributed by atoms with Gasteiger partial charge in [0.15, 0.2) is 0 Å². The predicted molar refractivity (Wildman–Crippen MR) is 62.7 cm³/mol. The first-order chi connectivity index (χ1) is 9.74. The fourth-order valence-electron chi connectivity index (χ4n) is 2.58. The van der Waals surface area contributed by atoms with E-state index in [1.807, 2.05) is 0 Å². The Kier molecular flexibility index (Phi) is 4.85. The molecule has 0 aromatic rings. The van der Waals surface area contributed by atoms with Crippen LogP contribution >= 0.6 is 0 Å². The summed E-state index contributed by atoms with van der Waals surface area (Å²) in [6.45, 7) is -1.23. The molecule has 2 saturated heterocycles. The molecule has 0 bridgehead atoms. The van der Waals surface area contributed by atoms with E-state index >= 15 is 0 Å². The molecule has 21 heavy (non-hydrogen) atoms. The summed E-state index contributed by atoms with van der Waals surface area (Å²) in [5, 5.41) is 77.5. The lowest BCUT2D eigenvalue weighted by atomic mass is 9.84. The van der Waals surface area contributed by atoms with Crippen LogP contribution in [0, 0.1) is 0 Å². The van der Waals surface area contributed by atoms with E-state index in [9.17, 15) is 35.7 Å². The van der Waals surface area contributed by atoms with E-state index in [2.05, 4.69) is 0 Å². The molecule has 0 aromatic heterocycles. The highest BCUT2D eigenvalue weighted by atomic mass is 16.7. The van der Waals surface area contributed by atoms with Crippen LogP contribution in [0.5, 0.6) is 0 Å². The van der Waals surface area contributed by atoms with Crippen LogP contribution in [0.25, 0.3) is 0 Å². The molecule has 2 heterocycles. The summed E-state index contributed by atoms with van der Waals surface area (Å²) < 4.78 is 9.97. The van der Waals surface area contributed by atoms with E-state index < -0.39 is 67.8 Å². The number of ether oxygens (including phenoxy) is 2. The molecular weight excluding hydrogens is 292 g/mol. The van der Waals surface area contributed by atoms with Crippen molar-refractivity contribution < 1.29 is 50.3 Å². The number of aliphatic hydroxyl groups excluding tert-OH is 7. The third kappa shape index (κ3) is 2.68. The first kappa shape index (κ1) is 17.0. The first-order valence-electron chi connectivity index (χ1n) is 6.45. The average molecular weight is 312 g/mol. The highest BCUT2D eigenvalue weighted by Crippen LogP contribution is 2.35. The molecule has 2 aliphatic heterocycles. The Labute approximate surface area is 119 Å². The van der Waals surface area contributed by atoms with Gasteiger partial charge < -0.3 is 50.3 Å². The minimum atomic E-state index is -2.69. The van der Waals surface area contributed by atoms with E-state index in [0.717, 1.165) is 0 Å². The second-order valence-corrected chi connectivity index (χ2v) is 5.32. The Morgan fingerprint density at radius 1 is 0.905 bits per heavy atom. The number of aliphatic hydroxyl groups is 8. The lowest BCUT2D eigenvalue weighted by molar-refractivity contribution is -0.399. The zero-order valence-electron chi connectivity index (χ0n) is 10.9. The van der Waals surface area contributed by atoms with Crippen LogP contribution in [-0.4, -0.2) is 109 Å². The van der Waals surface area contributed by atoms with Gasteiger partial charge >= 0.3 is 0 Å². The minimum absolute atomic E-state index is 0.455. The summed E-state index contributed by atoms with van der Waals surface area (Å²) in [4.78, 5) is 0. The topological polar surface area (TPSA) is 180 Å². The second kappa shape index (κ2) is 6.01. The van der Waals surface area contributed by atoms with Gasteiger partial charge in [-0.05, 0) is 0 Å². The van der Waals surface area contributed by atoms with Crippen molar-refractivity contribution in [3.63, 3.8) is 0 Å². The van der Waals surface area contributed by atoms with Crippen molar-refractivity contribution in [1.82, 2.24) is 0 Å². The van der Waals surface area contributed by atoms with Crippen LogP contribution in [-0.2, 0) is 9.47 Å². The number of rotatable bonds is 2. The van der Waals surface area contributed by atoms with E-state index in [4.69, 9.17) is 14.6 Å². The normalized spacial score (nSPS) is 55.4. The van der Waals surface area contributed by atoms with Crippen LogP contribution in [0.1, 0.15) is 0 Å². The molecule has 9 atom stereocenters. The third-order valence-electron chi connectivity index (χ3n) is 3.91. The van der Waals surface area contributed by atoms with Gasteiger partial charge in [0.25, 0.3) is 0 Å². The fourth-order valence-corrected chi connectivity index (χ4v) is 2.58. The van der Waals surface area contributed by atoms with E-state index in [1.54, 1.807) is 0 Å². The lowest BCUT2D eigenvalue weighted by Crippen LogP contribution is -2.73. The van der Waals surface area contributed by atoms with Gasteiger partial charge in [-0.1, -0.05) is 0 Å². The number of hydrogen-bond acceptors (Lipinski definition) is 10. The summed E-state index contributed by atoms with van der Waals surface area (Å²) in [5.74, 6) is -2.69. The van der Waals surface area contributed by atoms with Gasteiger partial charge in [0.1, 0.15) is 48.8 Å². The molecule has 2 aliphatic rings. The average Bonchev–Trinajstić information content (AvgIpc) is 2.46. The Hall–Kier alpha value is -0.400. The zero-order chi connectivity index (χ0) is 15.9. The van der Waals surface area contributed by atoms with Crippen molar-refractivity contribution in [1.29, 1.82) is 0 Å². The Morgan fingerprint density at radius 3 is 2.10 bits per heavy atom. The number of hydrogen-bond donors (Lipinski definition) is 8. The van der Waals surface area contributed by atoms with Crippen LogP contribution in [0.15, 0.2) is 0 Å². The SMILES string of the molecule is OC[C@H]1OC(O)(C2OC[C@@H](O)[C@H](O)[C@H]2O)[C@H](O)[C@@H](O)[C@@H]1O. The Balaban J connectivity index is 2.27. The molecule has 10 nitrogen and oxygen atoms in total. The first-order valence-corrected chi connectivity index (χ1v) is 6.45. The third-order valence-corrected chi connectivity index (χ3v) is 3.91. The van der Waals surface area contributed by atoms with Gasteiger partial charge in [-0.3, -0.25) is 0 Å². The lowest BCUT2D eigenvalue weighted by Gasteiger charge is -2.51. The van der Waals surface area contributed by atoms with E-state index in [-0.39, 0.29) is 0 Å². The molecular formula is C11H20O10. The maximum atomic E-state index is 10.4. The quantitative estimate of drug-likeness (QED) is 0.245. The molecule has 0 aliphatic carbocycles. The Morgan fingerprint density at radius 2 is 1.52 bits per heavy atom. The molecule has 2 rings (SSSR count). The van der Waals surface area contributed by atoms with E-state index in [0.29, 0.717) is 0 Å². The van der Waals surface area contributed by atoms with Crippen molar-refractivity contribution in [2.75, 3.05) is 13.2 Å². The summed E-state index contributed by atoms with van der Waals surface area (Å²) in [5.41, 5.74) is 0. The van der Waals surface area contributed by atoms with Crippen molar-refractivity contribution in [3.05, 3.63) is 0 Å². The molecule has 2 fully saturated rings. The standard InChI is InChI=1S/C11H20O10/c12-1-4-6(15)7(16)9(18)11(19,21-4)10-8(17)5(14)3(13)2-20-10/h3-10,12-19H,1-2H2/t3-,4-,5+,6-,7+,8-,9-,10?,11?/m1/s1. The van der Waals surface area contributed by atoms with Crippen molar-refractivity contribution in [2.24, 2.45) is 0 Å². The zero-order valence-corrected chi connectivity index (χ0v) is 10.9. The summed E-state index contributed by atoms with van der Waals surface area (Å²) in [6.07, 6.45) is -13.6. The van der Waals surface area contributed by atoms with Gasteiger partial charge in [0.05, 0.1) is 13.2 Å². The fraction of sp³-hybridized carbons (Fsp3) is 1.00. The van der Waals surface area contributed by atoms with Gasteiger partial charge in [0.2, 0.25) is 5.79 Å². The molecule has 0 spiro atoms. The molecule has 2 unspecified atom stereocenters. The van der Waals surface area contributed by atoms with Crippen LogP contribution in [0.4, 0.5) is 0 Å².